The van der Waals surface area contributed by atoms with Crippen LogP contribution in [0.2, 0.25) is 0 Å². The summed E-state index contributed by atoms with van der Waals surface area (Å²) in [5.74, 6) is 0.368. The highest BCUT2D eigenvalue weighted by molar-refractivity contribution is 5.70. The highest BCUT2D eigenvalue weighted by Crippen LogP contribution is 2.28. The number of aryl methyl sites for hydroxylation is 1. The van der Waals surface area contributed by atoms with E-state index in [1.807, 2.05) is 25.1 Å². The molecular formula is C32H31F. The van der Waals surface area contributed by atoms with Gasteiger partial charge in [-0.05, 0) is 77.1 Å². The lowest BCUT2D eigenvalue weighted by molar-refractivity contribution is 0.610. The molecule has 4 aromatic carbocycles. The number of hydrogen-bond acceptors (Lipinski definition) is 0. The van der Waals surface area contributed by atoms with E-state index in [0.717, 1.165) is 36.0 Å². The number of allylic oxidation sites excluding steroid dienone is 2. The van der Waals surface area contributed by atoms with Crippen molar-refractivity contribution in [3.8, 4) is 22.3 Å². The van der Waals surface area contributed by atoms with E-state index in [4.69, 9.17) is 0 Å². The summed E-state index contributed by atoms with van der Waals surface area (Å²) in [6.45, 7) is 4.27. The zero-order valence-electron chi connectivity index (χ0n) is 19.5. The monoisotopic (exact) mass is 434 g/mol. The van der Waals surface area contributed by atoms with Gasteiger partial charge in [-0.25, -0.2) is 4.39 Å². The molecule has 1 heteroatoms. The Labute approximate surface area is 197 Å². The van der Waals surface area contributed by atoms with Gasteiger partial charge >= 0.3 is 0 Å². The highest BCUT2D eigenvalue weighted by atomic mass is 19.1. The first kappa shape index (κ1) is 22.7. The summed E-state index contributed by atoms with van der Waals surface area (Å²) in [5, 5.41) is 0. The van der Waals surface area contributed by atoms with Gasteiger partial charge in [0.25, 0.3) is 0 Å². The molecule has 0 saturated carbocycles. The van der Waals surface area contributed by atoms with Crippen LogP contribution in [-0.4, -0.2) is 0 Å². The third-order valence-electron chi connectivity index (χ3n) is 6.29. The molecule has 0 unspecified atom stereocenters. The van der Waals surface area contributed by atoms with Crippen LogP contribution in [0, 0.1) is 5.82 Å². The SMILES string of the molecule is C/C=C/CCc1ccc(-c2ccc(-c3ccc(C[C@H](C)c4ccccc4)cc3)cc2)cc1F. The Balaban J connectivity index is 1.43. The fourth-order valence-electron chi connectivity index (χ4n) is 4.28. The normalized spacial score (nSPS) is 12.2. The lowest BCUT2D eigenvalue weighted by atomic mass is 9.92. The van der Waals surface area contributed by atoms with E-state index in [9.17, 15) is 4.39 Å². The summed E-state index contributed by atoms with van der Waals surface area (Å²) in [7, 11) is 0. The fraction of sp³-hybridized carbons (Fsp3) is 0.188. The standard InChI is InChI=1S/C32H31F/c1-3-4-6-11-30-20-21-31(23-32(30)33)29-18-16-28(17-19-29)27-14-12-25(13-15-27)22-24(2)26-9-7-5-8-10-26/h3-5,7-10,12-21,23-24H,6,11,22H2,1-2H3/b4-3+/t24-/m0/s1. The highest BCUT2D eigenvalue weighted by Gasteiger charge is 2.08. The van der Waals surface area contributed by atoms with Gasteiger partial charge in [0.15, 0.2) is 0 Å². The first-order chi connectivity index (χ1) is 16.1. The Bertz CT molecular complexity index is 1190. The lowest BCUT2D eigenvalue weighted by Crippen LogP contribution is -1.98. The average molecular weight is 435 g/mol. The van der Waals surface area contributed by atoms with Gasteiger partial charge in [0.2, 0.25) is 0 Å². The van der Waals surface area contributed by atoms with Crippen LogP contribution in [-0.2, 0) is 12.8 Å². The van der Waals surface area contributed by atoms with E-state index in [-0.39, 0.29) is 5.82 Å². The van der Waals surface area contributed by atoms with Crippen molar-refractivity contribution in [2.24, 2.45) is 0 Å². The van der Waals surface area contributed by atoms with E-state index in [1.54, 1.807) is 6.07 Å². The van der Waals surface area contributed by atoms with Crippen molar-refractivity contribution in [1.29, 1.82) is 0 Å². The van der Waals surface area contributed by atoms with E-state index < -0.39 is 0 Å². The molecular weight excluding hydrogens is 403 g/mol. The summed E-state index contributed by atoms with van der Waals surface area (Å²) >= 11 is 0. The molecule has 0 aliphatic carbocycles. The molecule has 166 valence electrons. The van der Waals surface area contributed by atoms with Gasteiger partial charge in [-0.2, -0.15) is 0 Å². The number of hydrogen-bond donors (Lipinski definition) is 0. The lowest BCUT2D eigenvalue weighted by Gasteiger charge is -2.12. The first-order valence-electron chi connectivity index (χ1n) is 11.8. The molecule has 0 heterocycles. The van der Waals surface area contributed by atoms with Crippen molar-refractivity contribution in [3.05, 3.63) is 132 Å². The van der Waals surface area contributed by atoms with Gasteiger partial charge in [-0.1, -0.05) is 110 Å². The zero-order chi connectivity index (χ0) is 23.0. The number of benzene rings is 4. The molecule has 0 aromatic heterocycles. The molecule has 0 aliphatic rings. The van der Waals surface area contributed by atoms with Gasteiger partial charge < -0.3 is 0 Å². The second-order valence-electron chi connectivity index (χ2n) is 8.70. The van der Waals surface area contributed by atoms with Crippen LogP contribution in [0.5, 0.6) is 0 Å². The van der Waals surface area contributed by atoms with Crippen LogP contribution in [0.4, 0.5) is 4.39 Å². The third-order valence-corrected chi connectivity index (χ3v) is 6.29. The van der Waals surface area contributed by atoms with Crippen molar-refractivity contribution < 1.29 is 4.39 Å². The topological polar surface area (TPSA) is 0 Å². The summed E-state index contributed by atoms with van der Waals surface area (Å²) in [6, 6.07) is 33.5. The second-order valence-corrected chi connectivity index (χ2v) is 8.70. The molecule has 0 fully saturated rings. The van der Waals surface area contributed by atoms with Crippen LogP contribution in [0.1, 0.15) is 42.9 Å². The minimum atomic E-state index is -0.124. The zero-order valence-corrected chi connectivity index (χ0v) is 19.5. The Hall–Kier alpha value is -3.45. The summed E-state index contributed by atoms with van der Waals surface area (Å²) in [6.07, 6.45) is 6.70. The summed E-state index contributed by atoms with van der Waals surface area (Å²) in [4.78, 5) is 0. The first-order valence-corrected chi connectivity index (χ1v) is 11.8. The molecule has 0 nitrogen and oxygen atoms in total. The van der Waals surface area contributed by atoms with Crippen LogP contribution >= 0.6 is 0 Å². The number of rotatable bonds is 8. The maximum atomic E-state index is 14.5. The Morgan fingerprint density at radius 3 is 1.91 bits per heavy atom. The van der Waals surface area contributed by atoms with E-state index in [2.05, 4.69) is 91.9 Å². The maximum absolute atomic E-state index is 14.5. The molecule has 0 amide bonds. The molecule has 1 atom stereocenters. The van der Waals surface area contributed by atoms with Crippen molar-refractivity contribution in [2.45, 2.75) is 39.0 Å². The van der Waals surface area contributed by atoms with E-state index >= 15 is 0 Å². The molecule has 33 heavy (non-hydrogen) atoms. The van der Waals surface area contributed by atoms with Crippen molar-refractivity contribution in [1.82, 2.24) is 0 Å². The summed E-state index contributed by atoms with van der Waals surface area (Å²) < 4.78 is 14.5. The Morgan fingerprint density at radius 1 is 0.727 bits per heavy atom. The van der Waals surface area contributed by atoms with Gasteiger partial charge in [0.1, 0.15) is 5.82 Å². The smallest absolute Gasteiger partial charge is 0.127 e. The van der Waals surface area contributed by atoms with Gasteiger partial charge in [-0.3, -0.25) is 0 Å². The average Bonchev–Trinajstić information content (AvgIpc) is 2.86. The van der Waals surface area contributed by atoms with Crippen LogP contribution in [0.25, 0.3) is 22.3 Å². The molecule has 0 radical (unpaired) electrons. The number of halogens is 1. The predicted molar refractivity (Wildman–Crippen MR) is 139 cm³/mol. The quantitative estimate of drug-likeness (QED) is 0.243. The van der Waals surface area contributed by atoms with E-state index in [1.165, 1.54) is 22.3 Å². The maximum Gasteiger partial charge on any atom is 0.127 e. The minimum Gasteiger partial charge on any atom is -0.207 e. The van der Waals surface area contributed by atoms with Gasteiger partial charge in [0, 0.05) is 0 Å². The Morgan fingerprint density at radius 2 is 1.30 bits per heavy atom. The molecule has 4 rings (SSSR count). The molecule has 0 aliphatic heterocycles. The second kappa shape index (κ2) is 10.9. The largest absolute Gasteiger partial charge is 0.207 e. The van der Waals surface area contributed by atoms with Crippen LogP contribution < -0.4 is 0 Å². The van der Waals surface area contributed by atoms with Crippen molar-refractivity contribution >= 4 is 0 Å². The molecule has 0 saturated heterocycles. The predicted octanol–water partition coefficient (Wildman–Crippen LogP) is 9.01. The van der Waals surface area contributed by atoms with Crippen molar-refractivity contribution in [3.63, 3.8) is 0 Å². The van der Waals surface area contributed by atoms with Crippen LogP contribution in [0.15, 0.2) is 109 Å². The van der Waals surface area contributed by atoms with Gasteiger partial charge in [0.05, 0.1) is 0 Å². The molecule has 0 spiro atoms. The third kappa shape index (κ3) is 5.87. The minimum absolute atomic E-state index is 0.124. The fourth-order valence-corrected chi connectivity index (χ4v) is 4.28. The molecule has 4 aromatic rings. The Kier molecular flexibility index (Phi) is 7.52. The molecule has 0 N–H and O–H groups in total. The van der Waals surface area contributed by atoms with Crippen LogP contribution in [0.3, 0.4) is 0 Å². The summed E-state index contributed by atoms with van der Waals surface area (Å²) in [5.41, 5.74) is 7.81. The molecule has 0 bridgehead atoms. The van der Waals surface area contributed by atoms with Crippen molar-refractivity contribution in [2.75, 3.05) is 0 Å². The van der Waals surface area contributed by atoms with Gasteiger partial charge in [-0.15, -0.1) is 0 Å². The van der Waals surface area contributed by atoms with E-state index in [0.29, 0.717) is 5.92 Å².